The van der Waals surface area contributed by atoms with E-state index in [0.29, 0.717) is 21.7 Å². The molecule has 3 aromatic heterocycles. The van der Waals surface area contributed by atoms with E-state index in [1.807, 2.05) is 19.2 Å². The summed E-state index contributed by atoms with van der Waals surface area (Å²) in [5, 5.41) is 2.52. The van der Waals surface area contributed by atoms with E-state index in [2.05, 4.69) is 15.0 Å². The molecule has 0 aliphatic rings. The van der Waals surface area contributed by atoms with Gasteiger partial charge in [-0.2, -0.15) is 0 Å². The molecule has 0 fully saturated rings. The summed E-state index contributed by atoms with van der Waals surface area (Å²) in [5.41, 5.74) is 8.09. The SMILES string of the molecule is Cc1cc(N)nc(SCc2cc(=O)n3c(C)csc3n2)n1. The summed E-state index contributed by atoms with van der Waals surface area (Å²) in [7, 11) is 0. The van der Waals surface area contributed by atoms with Gasteiger partial charge in [-0.25, -0.2) is 15.0 Å². The molecule has 0 spiro atoms. The van der Waals surface area contributed by atoms with Crippen LogP contribution in [0.1, 0.15) is 17.1 Å². The number of anilines is 1. The quantitative estimate of drug-likeness (QED) is 0.587. The van der Waals surface area contributed by atoms with Crippen molar-refractivity contribution >= 4 is 33.9 Å². The molecule has 0 atom stereocenters. The summed E-state index contributed by atoms with van der Waals surface area (Å²) in [6.45, 7) is 3.76. The van der Waals surface area contributed by atoms with Crippen LogP contribution in [0.4, 0.5) is 5.82 Å². The number of nitrogens with two attached hydrogens (primary N) is 1. The van der Waals surface area contributed by atoms with Gasteiger partial charge in [-0.1, -0.05) is 11.8 Å². The first kappa shape index (κ1) is 14.0. The highest BCUT2D eigenvalue weighted by Gasteiger charge is 2.08. The number of thioether (sulfide) groups is 1. The zero-order valence-corrected chi connectivity index (χ0v) is 13.2. The van der Waals surface area contributed by atoms with E-state index >= 15 is 0 Å². The van der Waals surface area contributed by atoms with Crippen molar-refractivity contribution in [3.63, 3.8) is 0 Å². The van der Waals surface area contributed by atoms with Crippen LogP contribution in [0.3, 0.4) is 0 Å². The molecule has 0 saturated heterocycles. The number of aromatic nitrogens is 4. The van der Waals surface area contributed by atoms with Gasteiger partial charge in [-0.05, 0) is 13.8 Å². The first-order chi connectivity index (χ1) is 10.0. The van der Waals surface area contributed by atoms with Crippen LogP contribution in [0, 0.1) is 13.8 Å². The zero-order chi connectivity index (χ0) is 15.0. The number of nitrogens with zero attached hydrogens (tertiary/aromatic N) is 4. The predicted molar refractivity (Wildman–Crippen MR) is 84.8 cm³/mol. The normalized spacial score (nSPS) is 11.1. The molecule has 3 aromatic rings. The molecule has 0 radical (unpaired) electrons. The number of hydrogen-bond acceptors (Lipinski definition) is 7. The summed E-state index contributed by atoms with van der Waals surface area (Å²) >= 11 is 2.88. The molecule has 2 N–H and O–H groups in total. The van der Waals surface area contributed by atoms with Crippen molar-refractivity contribution in [3.05, 3.63) is 44.9 Å². The third kappa shape index (κ3) is 2.91. The smallest absolute Gasteiger partial charge is 0.258 e. The number of nitrogen functional groups attached to an aromatic ring is 1. The molecule has 0 bridgehead atoms. The summed E-state index contributed by atoms with van der Waals surface area (Å²) in [5.74, 6) is 0.980. The Morgan fingerprint density at radius 3 is 2.86 bits per heavy atom. The van der Waals surface area contributed by atoms with Gasteiger partial charge in [0.25, 0.3) is 5.56 Å². The van der Waals surface area contributed by atoms with E-state index in [0.717, 1.165) is 17.1 Å². The van der Waals surface area contributed by atoms with E-state index in [1.54, 1.807) is 16.5 Å². The van der Waals surface area contributed by atoms with E-state index in [9.17, 15) is 4.79 Å². The van der Waals surface area contributed by atoms with E-state index in [4.69, 9.17) is 5.73 Å². The predicted octanol–water partition coefficient (Wildman–Crippen LogP) is 2.04. The van der Waals surface area contributed by atoms with Crippen molar-refractivity contribution in [3.8, 4) is 0 Å². The number of rotatable bonds is 3. The topological polar surface area (TPSA) is 86.2 Å². The fourth-order valence-corrected chi connectivity index (χ4v) is 3.64. The van der Waals surface area contributed by atoms with Crippen LogP contribution < -0.4 is 11.3 Å². The number of aryl methyl sites for hydroxylation is 2. The van der Waals surface area contributed by atoms with Crippen molar-refractivity contribution in [1.82, 2.24) is 19.4 Å². The van der Waals surface area contributed by atoms with Gasteiger partial charge in [-0.3, -0.25) is 9.20 Å². The molecular weight excluding hydrogens is 306 g/mol. The minimum absolute atomic E-state index is 0.0565. The first-order valence-corrected chi connectivity index (χ1v) is 8.10. The average Bonchev–Trinajstić information content (AvgIpc) is 2.77. The minimum Gasteiger partial charge on any atom is -0.384 e. The Kier molecular flexibility index (Phi) is 3.64. The number of thiazole rings is 1. The van der Waals surface area contributed by atoms with Crippen LogP contribution >= 0.6 is 23.1 Å². The van der Waals surface area contributed by atoms with E-state index < -0.39 is 0 Å². The lowest BCUT2D eigenvalue weighted by molar-refractivity contribution is 0.937. The highest BCUT2D eigenvalue weighted by atomic mass is 32.2. The maximum absolute atomic E-state index is 12.1. The molecule has 3 rings (SSSR count). The van der Waals surface area contributed by atoms with Crippen LogP contribution in [0.5, 0.6) is 0 Å². The number of hydrogen-bond donors (Lipinski definition) is 1. The fraction of sp³-hybridized carbons (Fsp3) is 0.231. The van der Waals surface area contributed by atoms with Crippen LogP contribution in [0.15, 0.2) is 27.5 Å². The summed E-state index contributed by atoms with van der Waals surface area (Å²) in [6.07, 6.45) is 0. The average molecular weight is 319 g/mol. The molecule has 0 aliphatic carbocycles. The van der Waals surface area contributed by atoms with E-state index in [-0.39, 0.29) is 5.56 Å². The Labute approximate surface area is 129 Å². The molecule has 3 heterocycles. The Morgan fingerprint density at radius 1 is 1.29 bits per heavy atom. The second kappa shape index (κ2) is 5.45. The Bertz CT molecular complexity index is 850. The maximum Gasteiger partial charge on any atom is 0.258 e. The maximum atomic E-state index is 12.1. The third-order valence-electron chi connectivity index (χ3n) is 2.83. The van der Waals surface area contributed by atoms with Crippen molar-refractivity contribution in [1.29, 1.82) is 0 Å². The lowest BCUT2D eigenvalue weighted by atomic mass is 10.4. The van der Waals surface area contributed by atoms with Gasteiger partial charge in [0, 0.05) is 34.7 Å². The standard InChI is InChI=1S/C13H13N5OS2/c1-7-3-10(14)17-12(15-7)20-6-9-4-11(19)18-8(2)5-21-13(18)16-9/h3-5H,6H2,1-2H3,(H2,14,15,17). The molecule has 108 valence electrons. The second-order valence-corrected chi connectivity index (χ2v) is 6.37. The molecule has 0 aromatic carbocycles. The van der Waals surface area contributed by atoms with Crippen molar-refractivity contribution in [2.75, 3.05) is 5.73 Å². The van der Waals surface area contributed by atoms with Gasteiger partial charge in [0.1, 0.15) is 5.82 Å². The van der Waals surface area contributed by atoms with Crippen molar-refractivity contribution in [2.45, 2.75) is 24.8 Å². The molecule has 21 heavy (non-hydrogen) atoms. The van der Waals surface area contributed by atoms with Gasteiger partial charge in [0.2, 0.25) is 0 Å². The molecule has 8 heteroatoms. The van der Waals surface area contributed by atoms with Gasteiger partial charge < -0.3 is 5.73 Å². The first-order valence-electron chi connectivity index (χ1n) is 6.23. The second-order valence-electron chi connectivity index (χ2n) is 4.59. The summed E-state index contributed by atoms with van der Waals surface area (Å²) in [4.78, 5) is 25.7. The lowest BCUT2D eigenvalue weighted by Crippen LogP contribution is -2.14. The molecule has 6 nitrogen and oxygen atoms in total. The van der Waals surface area contributed by atoms with Gasteiger partial charge in [0.05, 0.1) is 5.69 Å². The highest BCUT2D eigenvalue weighted by molar-refractivity contribution is 7.98. The molecule has 0 saturated carbocycles. The number of fused-ring (bicyclic) bond motifs is 1. The molecule has 0 aliphatic heterocycles. The summed E-state index contributed by atoms with van der Waals surface area (Å²) < 4.78 is 1.61. The van der Waals surface area contributed by atoms with Crippen molar-refractivity contribution < 1.29 is 0 Å². The lowest BCUT2D eigenvalue weighted by Gasteiger charge is -2.03. The molecule has 0 unspecified atom stereocenters. The largest absolute Gasteiger partial charge is 0.384 e. The Balaban J connectivity index is 1.86. The monoisotopic (exact) mass is 319 g/mol. The fourth-order valence-electron chi connectivity index (χ4n) is 1.94. The summed E-state index contributed by atoms with van der Waals surface area (Å²) in [6, 6.07) is 3.27. The minimum atomic E-state index is -0.0565. The van der Waals surface area contributed by atoms with Crippen LogP contribution in [0.2, 0.25) is 0 Å². The van der Waals surface area contributed by atoms with E-state index in [1.165, 1.54) is 23.1 Å². The Hall–Kier alpha value is -1.93. The van der Waals surface area contributed by atoms with Crippen LogP contribution in [0.25, 0.3) is 4.96 Å². The third-order valence-corrected chi connectivity index (χ3v) is 4.66. The van der Waals surface area contributed by atoms with Gasteiger partial charge in [0.15, 0.2) is 10.1 Å². The zero-order valence-electron chi connectivity index (χ0n) is 11.5. The van der Waals surface area contributed by atoms with Crippen molar-refractivity contribution in [2.24, 2.45) is 0 Å². The molecular formula is C13H13N5OS2. The molecule has 0 amide bonds. The van der Waals surface area contributed by atoms with Gasteiger partial charge in [-0.15, -0.1) is 11.3 Å². The Morgan fingerprint density at radius 2 is 2.10 bits per heavy atom. The highest BCUT2D eigenvalue weighted by Crippen LogP contribution is 2.20. The van der Waals surface area contributed by atoms with Crippen LogP contribution in [-0.2, 0) is 5.75 Å². The van der Waals surface area contributed by atoms with Crippen LogP contribution in [-0.4, -0.2) is 19.4 Å². The van der Waals surface area contributed by atoms with Gasteiger partial charge >= 0.3 is 0 Å².